The average molecular weight is 327 g/mol. The largest absolute Gasteiger partial charge is 0.494 e. The monoisotopic (exact) mass is 327 g/mol. The third-order valence-electron chi connectivity index (χ3n) is 3.52. The molecule has 0 aliphatic rings. The molecule has 2 heterocycles. The molecule has 0 atom stereocenters. The summed E-state index contributed by atoms with van der Waals surface area (Å²) in [7, 11) is 0. The Kier molecular flexibility index (Phi) is 4.60. The van der Waals surface area contributed by atoms with E-state index in [1.807, 2.05) is 30.3 Å². The molecular formula is C17H17N3O4. The molecular weight excluding hydrogens is 310 g/mol. The number of aromatic nitrogens is 2. The molecule has 2 aromatic heterocycles. The molecule has 3 rings (SSSR count). The van der Waals surface area contributed by atoms with Gasteiger partial charge >= 0.3 is 0 Å². The van der Waals surface area contributed by atoms with Gasteiger partial charge in [-0.2, -0.15) is 0 Å². The summed E-state index contributed by atoms with van der Waals surface area (Å²) in [4.78, 5) is 30.6. The molecule has 0 spiro atoms. The Bertz CT molecular complexity index is 899. The van der Waals surface area contributed by atoms with Crippen LogP contribution in [0.15, 0.2) is 45.9 Å². The molecule has 0 fully saturated rings. The highest BCUT2D eigenvalue weighted by Gasteiger charge is 2.21. The molecule has 0 radical (unpaired) electrons. The summed E-state index contributed by atoms with van der Waals surface area (Å²) >= 11 is 0. The Balaban J connectivity index is 1.58. The van der Waals surface area contributed by atoms with Crippen molar-refractivity contribution in [2.45, 2.75) is 13.3 Å². The average Bonchev–Trinajstić information content (AvgIpc) is 2.93. The van der Waals surface area contributed by atoms with Crippen LogP contribution in [0.2, 0.25) is 0 Å². The van der Waals surface area contributed by atoms with Gasteiger partial charge in [-0.15, -0.1) is 0 Å². The molecule has 124 valence electrons. The van der Waals surface area contributed by atoms with E-state index >= 15 is 0 Å². The van der Waals surface area contributed by atoms with Gasteiger partial charge in [-0.05, 0) is 25.5 Å². The van der Waals surface area contributed by atoms with Crippen LogP contribution >= 0.6 is 0 Å². The Morgan fingerprint density at radius 1 is 1.33 bits per heavy atom. The van der Waals surface area contributed by atoms with Crippen molar-refractivity contribution in [2.75, 3.05) is 13.2 Å². The maximum atomic E-state index is 12.3. The molecule has 7 nitrogen and oxygen atoms in total. The number of furan rings is 1. The minimum Gasteiger partial charge on any atom is -0.494 e. The Labute approximate surface area is 137 Å². The highest BCUT2D eigenvalue weighted by atomic mass is 16.5. The van der Waals surface area contributed by atoms with Crippen LogP contribution in [-0.2, 0) is 0 Å². The van der Waals surface area contributed by atoms with Gasteiger partial charge in [0.1, 0.15) is 16.9 Å². The SMILES string of the molecule is Cc1oc2nc[nH]c(=O)c2c1C(=O)NCCCOc1ccccc1. The quantitative estimate of drug-likeness (QED) is 0.675. The first-order chi connectivity index (χ1) is 11.7. The number of carbonyl (C=O) groups is 1. The van der Waals surface area contributed by atoms with E-state index < -0.39 is 5.56 Å². The lowest BCUT2D eigenvalue weighted by molar-refractivity contribution is 0.0951. The van der Waals surface area contributed by atoms with Gasteiger partial charge in [-0.25, -0.2) is 4.98 Å². The molecule has 0 unspecified atom stereocenters. The molecule has 0 saturated heterocycles. The van der Waals surface area contributed by atoms with Crippen LogP contribution in [0.25, 0.3) is 11.1 Å². The maximum Gasteiger partial charge on any atom is 0.262 e. The summed E-state index contributed by atoms with van der Waals surface area (Å²) in [6, 6.07) is 9.46. The Morgan fingerprint density at radius 3 is 2.92 bits per heavy atom. The van der Waals surface area contributed by atoms with Gasteiger partial charge in [-0.3, -0.25) is 9.59 Å². The number of hydrogen-bond donors (Lipinski definition) is 2. The molecule has 2 N–H and O–H groups in total. The van der Waals surface area contributed by atoms with Crippen molar-refractivity contribution in [3.8, 4) is 5.75 Å². The minimum atomic E-state index is -0.394. The molecule has 0 aliphatic carbocycles. The Hall–Kier alpha value is -3.09. The predicted molar refractivity (Wildman–Crippen MR) is 88.3 cm³/mol. The van der Waals surface area contributed by atoms with Crippen molar-refractivity contribution in [1.82, 2.24) is 15.3 Å². The fourth-order valence-corrected chi connectivity index (χ4v) is 2.40. The van der Waals surface area contributed by atoms with Gasteiger partial charge in [0, 0.05) is 6.54 Å². The number of aromatic amines is 1. The molecule has 7 heteroatoms. The lowest BCUT2D eigenvalue weighted by atomic mass is 10.2. The van der Waals surface area contributed by atoms with E-state index in [1.165, 1.54) is 6.33 Å². The van der Waals surface area contributed by atoms with E-state index in [2.05, 4.69) is 15.3 Å². The minimum absolute atomic E-state index is 0.161. The van der Waals surface area contributed by atoms with Crippen molar-refractivity contribution in [2.24, 2.45) is 0 Å². The number of amides is 1. The van der Waals surface area contributed by atoms with Gasteiger partial charge in [0.15, 0.2) is 0 Å². The van der Waals surface area contributed by atoms with Crippen molar-refractivity contribution in [3.63, 3.8) is 0 Å². The number of nitrogens with one attached hydrogen (secondary N) is 2. The summed E-state index contributed by atoms with van der Waals surface area (Å²) in [6.07, 6.45) is 1.89. The lowest BCUT2D eigenvalue weighted by Gasteiger charge is -2.07. The van der Waals surface area contributed by atoms with Crippen LogP contribution < -0.4 is 15.6 Å². The first-order valence-corrected chi connectivity index (χ1v) is 7.59. The number of rotatable bonds is 6. The molecule has 1 amide bonds. The summed E-state index contributed by atoms with van der Waals surface area (Å²) < 4.78 is 10.9. The summed E-state index contributed by atoms with van der Waals surface area (Å²) in [5, 5.41) is 2.95. The molecule has 3 aromatic rings. The number of aryl methyl sites for hydroxylation is 1. The number of para-hydroxylation sites is 1. The number of ether oxygens (including phenoxy) is 1. The number of H-pyrrole nitrogens is 1. The zero-order valence-electron chi connectivity index (χ0n) is 13.2. The standard InChI is InChI=1S/C17H17N3O4/c1-11-13(14-16(22)19-10-20-17(14)24-11)15(21)18-8-5-9-23-12-6-3-2-4-7-12/h2-4,6-7,10H,5,8-9H2,1H3,(H,18,21)(H,19,20,22). The summed E-state index contributed by atoms with van der Waals surface area (Å²) in [5.41, 5.74) is -0.00782. The lowest BCUT2D eigenvalue weighted by Crippen LogP contribution is -2.27. The number of benzene rings is 1. The molecule has 0 saturated carbocycles. The van der Waals surface area contributed by atoms with Gasteiger partial charge in [0.2, 0.25) is 5.71 Å². The highest BCUT2D eigenvalue weighted by Crippen LogP contribution is 2.20. The van der Waals surface area contributed by atoms with Gasteiger partial charge < -0.3 is 19.5 Å². The van der Waals surface area contributed by atoms with Gasteiger partial charge in [0.05, 0.1) is 18.5 Å². The summed E-state index contributed by atoms with van der Waals surface area (Å²) in [6.45, 7) is 2.54. The summed E-state index contributed by atoms with van der Waals surface area (Å²) in [5.74, 6) is 0.801. The van der Waals surface area contributed by atoms with Crippen molar-refractivity contribution in [1.29, 1.82) is 0 Å². The first-order valence-electron chi connectivity index (χ1n) is 7.59. The second kappa shape index (κ2) is 6.99. The van der Waals surface area contributed by atoms with Crippen LogP contribution in [0.5, 0.6) is 5.75 Å². The fraction of sp³-hybridized carbons (Fsp3) is 0.235. The van der Waals surface area contributed by atoms with Crippen LogP contribution in [0.3, 0.4) is 0 Å². The fourth-order valence-electron chi connectivity index (χ4n) is 2.40. The molecule has 1 aromatic carbocycles. The number of carbonyl (C=O) groups excluding carboxylic acids is 1. The first kappa shape index (κ1) is 15.8. The molecule has 24 heavy (non-hydrogen) atoms. The maximum absolute atomic E-state index is 12.3. The number of hydrogen-bond acceptors (Lipinski definition) is 5. The van der Waals surface area contributed by atoms with Crippen LogP contribution in [0.4, 0.5) is 0 Å². The van der Waals surface area contributed by atoms with Crippen molar-refractivity contribution in [3.05, 3.63) is 58.3 Å². The van der Waals surface area contributed by atoms with E-state index in [0.717, 1.165) is 5.75 Å². The Morgan fingerprint density at radius 2 is 2.12 bits per heavy atom. The number of nitrogens with zero attached hydrogens (tertiary/aromatic N) is 1. The molecule has 0 aliphatic heterocycles. The second-order valence-corrected chi connectivity index (χ2v) is 5.22. The van der Waals surface area contributed by atoms with Gasteiger partial charge in [0.25, 0.3) is 11.5 Å². The topological polar surface area (TPSA) is 97.2 Å². The van der Waals surface area contributed by atoms with Gasteiger partial charge in [-0.1, -0.05) is 18.2 Å². The smallest absolute Gasteiger partial charge is 0.262 e. The van der Waals surface area contributed by atoms with E-state index in [-0.39, 0.29) is 22.6 Å². The van der Waals surface area contributed by atoms with Crippen LogP contribution in [0, 0.1) is 6.92 Å². The van der Waals surface area contributed by atoms with E-state index in [1.54, 1.807) is 6.92 Å². The van der Waals surface area contributed by atoms with Crippen LogP contribution in [-0.4, -0.2) is 29.0 Å². The zero-order valence-corrected chi connectivity index (χ0v) is 13.2. The third-order valence-corrected chi connectivity index (χ3v) is 3.52. The second-order valence-electron chi connectivity index (χ2n) is 5.22. The van der Waals surface area contributed by atoms with Crippen LogP contribution in [0.1, 0.15) is 22.5 Å². The zero-order chi connectivity index (χ0) is 16.9. The number of fused-ring (bicyclic) bond motifs is 1. The van der Waals surface area contributed by atoms with E-state index in [0.29, 0.717) is 25.3 Å². The predicted octanol–water partition coefficient (Wildman–Crippen LogP) is 2.02. The van der Waals surface area contributed by atoms with Crippen molar-refractivity contribution >= 4 is 17.0 Å². The normalized spacial score (nSPS) is 10.7. The third kappa shape index (κ3) is 3.29. The van der Waals surface area contributed by atoms with Crippen molar-refractivity contribution < 1.29 is 13.9 Å². The highest BCUT2D eigenvalue weighted by molar-refractivity contribution is 6.06. The molecule has 0 bridgehead atoms. The van der Waals surface area contributed by atoms with E-state index in [9.17, 15) is 9.59 Å². The van der Waals surface area contributed by atoms with E-state index in [4.69, 9.17) is 9.15 Å².